The molecule has 1 saturated carbocycles. The Morgan fingerprint density at radius 2 is 2.09 bits per heavy atom. The van der Waals surface area contributed by atoms with Crippen molar-refractivity contribution in [2.45, 2.75) is 31.2 Å². The molecule has 0 aromatic heterocycles. The van der Waals surface area contributed by atoms with Crippen LogP contribution < -0.4 is 11.1 Å². The molecule has 0 spiro atoms. The van der Waals surface area contributed by atoms with Gasteiger partial charge in [0.1, 0.15) is 0 Å². The first-order valence-electron chi connectivity index (χ1n) is 3.92. The molecule has 11 heavy (non-hydrogen) atoms. The SMILES string of the molecule is NCC1(NCC(F)F)CCC1. The molecule has 1 aliphatic carbocycles. The first-order chi connectivity index (χ1) is 5.18. The molecule has 0 radical (unpaired) electrons. The molecule has 0 heterocycles. The third kappa shape index (κ3) is 2.10. The standard InChI is InChI=1S/C7H14F2N2/c8-6(9)4-11-7(5-10)2-1-3-7/h6,11H,1-5,10H2. The maximum Gasteiger partial charge on any atom is 0.250 e. The molecule has 0 aromatic carbocycles. The lowest BCUT2D eigenvalue weighted by Gasteiger charge is -2.41. The van der Waals surface area contributed by atoms with E-state index >= 15 is 0 Å². The van der Waals surface area contributed by atoms with Gasteiger partial charge in [-0.2, -0.15) is 0 Å². The van der Waals surface area contributed by atoms with Gasteiger partial charge in [0.15, 0.2) is 0 Å². The molecule has 3 N–H and O–H groups in total. The second-order valence-corrected chi connectivity index (χ2v) is 3.11. The van der Waals surface area contributed by atoms with E-state index in [0.717, 1.165) is 19.3 Å². The molecule has 0 aromatic rings. The number of nitrogens with two attached hydrogens (primary N) is 1. The third-order valence-corrected chi connectivity index (χ3v) is 2.33. The molecule has 1 fully saturated rings. The molecule has 0 bridgehead atoms. The quantitative estimate of drug-likeness (QED) is 0.642. The van der Waals surface area contributed by atoms with Gasteiger partial charge in [-0.15, -0.1) is 0 Å². The van der Waals surface area contributed by atoms with E-state index in [-0.39, 0.29) is 12.1 Å². The fraction of sp³-hybridized carbons (Fsp3) is 1.00. The summed E-state index contributed by atoms with van der Waals surface area (Å²) >= 11 is 0. The molecule has 0 aliphatic heterocycles. The van der Waals surface area contributed by atoms with Gasteiger partial charge in [-0.1, -0.05) is 0 Å². The van der Waals surface area contributed by atoms with E-state index in [1.807, 2.05) is 0 Å². The van der Waals surface area contributed by atoms with Crippen molar-refractivity contribution in [3.8, 4) is 0 Å². The minimum absolute atomic E-state index is 0.156. The van der Waals surface area contributed by atoms with Crippen LogP contribution in [0.5, 0.6) is 0 Å². The molecular weight excluding hydrogens is 150 g/mol. The van der Waals surface area contributed by atoms with Crippen molar-refractivity contribution >= 4 is 0 Å². The highest BCUT2D eigenvalue weighted by atomic mass is 19.3. The fourth-order valence-corrected chi connectivity index (χ4v) is 1.35. The first-order valence-corrected chi connectivity index (χ1v) is 3.92. The summed E-state index contributed by atoms with van der Waals surface area (Å²) in [7, 11) is 0. The van der Waals surface area contributed by atoms with Gasteiger partial charge >= 0.3 is 0 Å². The van der Waals surface area contributed by atoms with E-state index in [4.69, 9.17) is 5.73 Å². The number of hydrogen-bond acceptors (Lipinski definition) is 2. The molecule has 1 aliphatic rings. The Labute approximate surface area is 65.1 Å². The molecule has 0 amide bonds. The zero-order valence-corrected chi connectivity index (χ0v) is 6.45. The second-order valence-electron chi connectivity index (χ2n) is 3.11. The van der Waals surface area contributed by atoms with Crippen LogP contribution in [-0.4, -0.2) is 25.1 Å². The van der Waals surface area contributed by atoms with Gasteiger partial charge in [0.05, 0.1) is 6.54 Å². The van der Waals surface area contributed by atoms with Crippen molar-refractivity contribution in [1.82, 2.24) is 5.32 Å². The van der Waals surface area contributed by atoms with Crippen molar-refractivity contribution < 1.29 is 8.78 Å². The van der Waals surface area contributed by atoms with Crippen LogP contribution in [0.25, 0.3) is 0 Å². The first kappa shape index (κ1) is 8.87. The second kappa shape index (κ2) is 3.45. The van der Waals surface area contributed by atoms with E-state index in [0.29, 0.717) is 6.54 Å². The summed E-state index contributed by atoms with van der Waals surface area (Å²) in [6.45, 7) is 0.247. The van der Waals surface area contributed by atoms with Crippen LogP contribution in [0.4, 0.5) is 8.78 Å². The van der Waals surface area contributed by atoms with Gasteiger partial charge in [0, 0.05) is 12.1 Å². The Morgan fingerprint density at radius 1 is 1.45 bits per heavy atom. The van der Waals surface area contributed by atoms with E-state index in [1.54, 1.807) is 0 Å². The van der Waals surface area contributed by atoms with Crippen LogP contribution in [0, 0.1) is 0 Å². The monoisotopic (exact) mass is 164 g/mol. The van der Waals surface area contributed by atoms with Gasteiger partial charge in [0.2, 0.25) is 0 Å². The minimum atomic E-state index is -2.26. The van der Waals surface area contributed by atoms with Crippen LogP contribution in [0.15, 0.2) is 0 Å². The summed E-state index contributed by atoms with van der Waals surface area (Å²) < 4.78 is 23.5. The Balaban J connectivity index is 2.22. The van der Waals surface area contributed by atoms with Gasteiger partial charge in [-0.3, -0.25) is 0 Å². The summed E-state index contributed by atoms with van der Waals surface area (Å²) in [6, 6.07) is 0. The summed E-state index contributed by atoms with van der Waals surface area (Å²) in [5, 5.41) is 2.81. The number of alkyl halides is 2. The maximum absolute atomic E-state index is 11.8. The van der Waals surface area contributed by atoms with E-state index in [9.17, 15) is 8.78 Å². The van der Waals surface area contributed by atoms with E-state index in [1.165, 1.54) is 0 Å². The number of nitrogens with one attached hydrogen (secondary N) is 1. The van der Waals surface area contributed by atoms with Gasteiger partial charge in [-0.25, -0.2) is 8.78 Å². The predicted octanol–water partition coefficient (Wildman–Crippen LogP) is 0.722. The number of halogens is 2. The third-order valence-electron chi connectivity index (χ3n) is 2.33. The Hall–Kier alpha value is -0.220. The van der Waals surface area contributed by atoms with Crippen LogP contribution in [0.3, 0.4) is 0 Å². The molecule has 2 nitrogen and oxygen atoms in total. The minimum Gasteiger partial charge on any atom is -0.329 e. The van der Waals surface area contributed by atoms with Crippen LogP contribution in [0.1, 0.15) is 19.3 Å². The van der Waals surface area contributed by atoms with Crippen LogP contribution >= 0.6 is 0 Å². The van der Waals surface area contributed by atoms with Gasteiger partial charge < -0.3 is 11.1 Å². The summed E-state index contributed by atoms with van der Waals surface area (Å²) in [5.41, 5.74) is 5.29. The largest absolute Gasteiger partial charge is 0.329 e. The molecule has 66 valence electrons. The fourth-order valence-electron chi connectivity index (χ4n) is 1.35. The smallest absolute Gasteiger partial charge is 0.250 e. The topological polar surface area (TPSA) is 38.0 Å². The molecule has 1 rings (SSSR count). The van der Waals surface area contributed by atoms with Crippen molar-refractivity contribution in [2.75, 3.05) is 13.1 Å². The highest BCUT2D eigenvalue weighted by molar-refractivity contribution is 4.96. The van der Waals surface area contributed by atoms with Crippen molar-refractivity contribution in [2.24, 2.45) is 5.73 Å². The van der Waals surface area contributed by atoms with E-state index < -0.39 is 6.43 Å². The average Bonchev–Trinajstić information content (AvgIpc) is 1.86. The van der Waals surface area contributed by atoms with Crippen molar-refractivity contribution in [1.29, 1.82) is 0 Å². The Bertz CT molecular complexity index is 118. The molecule has 4 heteroatoms. The number of hydrogen-bond donors (Lipinski definition) is 2. The van der Waals surface area contributed by atoms with Gasteiger partial charge in [0.25, 0.3) is 6.43 Å². The van der Waals surface area contributed by atoms with Crippen molar-refractivity contribution in [3.63, 3.8) is 0 Å². The maximum atomic E-state index is 11.8. The van der Waals surface area contributed by atoms with Crippen molar-refractivity contribution in [3.05, 3.63) is 0 Å². The highest BCUT2D eigenvalue weighted by Crippen LogP contribution is 2.30. The zero-order valence-electron chi connectivity index (χ0n) is 6.45. The summed E-state index contributed by atoms with van der Waals surface area (Å²) in [5.74, 6) is 0. The normalized spacial score (nSPS) is 21.8. The average molecular weight is 164 g/mol. The summed E-state index contributed by atoms with van der Waals surface area (Å²) in [6.07, 6.45) is 0.721. The Kier molecular flexibility index (Phi) is 2.78. The number of rotatable bonds is 4. The van der Waals surface area contributed by atoms with Crippen LogP contribution in [-0.2, 0) is 0 Å². The Morgan fingerprint density at radius 3 is 2.36 bits per heavy atom. The summed E-state index contributed by atoms with van der Waals surface area (Å²) in [4.78, 5) is 0. The molecular formula is C7H14F2N2. The molecule has 0 unspecified atom stereocenters. The molecule has 0 atom stereocenters. The highest BCUT2D eigenvalue weighted by Gasteiger charge is 2.35. The lowest BCUT2D eigenvalue weighted by molar-refractivity contribution is 0.107. The molecule has 0 saturated heterocycles. The lowest BCUT2D eigenvalue weighted by atomic mass is 9.77. The van der Waals surface area contributed by atoms with Crippen LogP contribution in [0.2, 0.25) is 0 Å². The van der Waals surface area contributed by atoms with E-state index in [2.05, 4.69) is 5.32 Å². The predicted molar refractivity (Wildman–Crippen MR) is 39.6 cm³/mol. The lowest BCUT2D eigenvalue weighted by Crippen LogP contribution is -2.57. The zero-order chi connectivity index (χ0) is 8.32. The van der Waals surface area contributed by atoms with Gasteiger partial charge in [-0.05, 0) is 19.3 Å².